The number of carbonyl (C=O) groups is 8. The van der Waals surface area contributed by atoms with E-state index in [9.17, 15) is 48.5 Å². The third kappa shape index (κ3) is 8.53. The summed E-state index contributed by atoms with van der Waals surface area (Å²) in [6, 6.07) is 17.7. The molecule has 2 aliphatic rings. The molecule has 6 rings (SSSR count). The molecular formula is C46H48N6O12. The normalized spacial score (nSPS) is 17.2. The van der Waals surface area contributed by atoms with Crippen LogP contribution < -0.4 is 36.5 Å². The Kier molecular flexibility index (Phi) is 13.8. The van der Waals surface area contributed by atoms with E-state index < -0.39 is 74.4 Å². The molecule has 0 heterocycles. The Morgan fingerprint density at radius 1 is 0.641 bits per heavy atom. The Labute approximate surface area is 367 Å². The Bertz CT molecular complexity index is 2640. The first-order valence-electron chi connectivity index (χ1n) is 20.3. The van der Waals surface area contributed by atoms with Gasteiger partial charge < -0.3 is 36.5 Å². The van der Waals surface area contributed by atoms with Gasteiger partial charge in [0, 0.05) is 60.9 Å². The zero-order chi connectivity index (χ0) is 47.4. The molecule has 4 aromatic carbocycles. The molecule has 0 bridgehead atoms. The molecule has 334 valence electrons. The fourth-order valence-electron chi connectivity index (χ4n) is 7.64. The molecule has 2 unspecified atom stereocenters. The molecular weight excluding hydrogens is 829 g/mol. The number of ketones is 4. The van der Waals surface area contributed by atoms with Gasteiger partial charge in [0.05, 0.1) is 10.5 Å². The standard InChI is InChI=1S/C23H23N3O7.C23H25N3O5/c1-5-24-22(30)33-18-11-14(12(2)3)9-10-16(18)23(25-13(4)27)20(28)15-7-6-8-17(26(31)32)19(15)21(23)29;1-5-25-22(30)31-18-11-14(12(2)3)9-10-16(18)23(26-13(4)27)20(28)15-7-6-8-17(24)19(15)21(23)29/h6-12H,5H2,1-4H3,(H,24,30)(H,25,27);6-12H,5,24H2,1-4H3,(H,25,30)(H,26,27). The fourth-order valence-corrected chi connectivity index (χ4v) is 7.64. The van der Waals surface area contributed by atoms with Gasteiger partial charge >= 0.3 is 12.2 Å². The van der Waals surface area contributed by atoms with E-state index in [0.29, 0.717) is 6.54 Å². The van der Waals surface area contributed by atoms with Gasteiger partial charge in [0.25, 0.3) is 5.69 Å². The van der Waals surface area contributed by atoms with E-state index in [1.807, 2.05) is 27.7 Å². The fraction of sp³-hybridized carbons (Fsp3) is 0.304. The summed E-state index contributed by atoms with van der Waals surface area (Å²) in [4.78, 5) is 114. The maximum absolute atomic E-state index is 13.7. The maximum Gasteiger partial charge on any atom is 0.412 e. The minimum Gasteiger partial charge on any atom is -0.410 e. The lowest BCUT2D eigenvalue weighted by atomic mass is 9.82. The minimum atomic E-state index is -2.32. The molecule has 0 aliphatic heterocycles. The summed E-state index contributed by atoms with van der Waals surface area (Å²) in [6.07, 6.45) is -1.56. The van der Waals surface area contributed by atoms with Crippen molar-refractivity contribution in [2.24, 2.45) is 0 Å². The third-order valence-electron chi connectivity index (χ3n) is 10.6. The number of Topliss-reactive ketones (excluding diaryl/α,β-unsaturated/α-hetero) is 4. The summed E-state index contributed by atoms with van der Waals surface area (Å²) in [5, 5.41) is 21.5. The number of benzene rings is 4. The minimum absolute atomic E-state index is 0.0129. The highest BCUT2D eigenvalue weighted by Crippen LogP contribution is 2.46. The molecule has 0 aromatic heterocycles. The smallest absolute Gasteiger partial charge is 0.410 e. The zero-order valence-corrected chi connectivity index (χ0v) is 36.4. The number of amides is 4. The van der Waals surface area contributed by atoms with E-state index in [4.69, 9.17) is 15.2 Å². The van der Waals surface area contributed by atoms with Crippen LogP contribution in [-0.2, 0) is 20.7 Å². The molecule has 4 amide bonds. The molecule has 0 spiro atoms. The van der Waals surface area contributed by atoms with E-state index in [2.05, 4.69) is 21.3 Å². The van der Waals surface area contributed by atoms with Crippen molar-refractivity contribution in [3.8, 4) is 11.5 Å². The molecule has 18 heteroatoms. The van der Waals surface area contributed by atoms with Crippen molar-refractivity contribution >= 4 is 58.5 Å². The Balaban J connectivity index is 0.000000241. The summed E-state index contributed by atoms with van der Waals surface area (Å²) in [6.45, 7) is 14.1. The number of carbonyl (C=O) groups excluding carboxylic acids is 8. The summed E-state index contributed by atoms with van der Waals surface area (Å²) in [5.41, 5.74) is 2.28. The lowest BCUT2D eigenvalue weighted by molar-refractivity contribution is -0.385. The van der Waals surface area contributed by atoms with Gasteiger partial charge in [0.15, 0.2) is 11.1 Å². The Hall–Kier alpha value is -7.76. The van der Waals surface area contributed by atoms with E-state index in [1.54, 1.807) is 38.1 Å². The Morgan fingerprint density at radius 3 is 1.42 bits per heavy atom. The highest BCUT2D eigenvalue weighted by molar-refractivity contribution is 6.36. The average Bonchev–Trinajstić information content (AvgIpc) is 3.57. The molecule has 6 N–H and O–H groups in total. The van der Waals surface area contributed by atoms with Crippen molar-refractivity contribution < 1.29 is 52.8 Å². The molecule has 64 heavy (non-hydrogen) atoms. The van der Waals surface area contributed by atoms with E-state index in [0.717, 1.165) is 24.1 Å². The number of fused-ring (bicyclic) bond motifs is 2. The number of nitrogens with zero attached hydrogens (tertiary/aromatic N) is 1. The molecule has 0 fully saturated rings. The number of nitrogens with one attached hydrogen (secondary N) is 4. The summed E-state index contributed by atoms with van der Waals surface area (Å²) < 4.78 is 10.9. The predicted molar refractivity (Wildman–Crippen MR) is 233 cm³/mol. The average molecular weight is 877 g/mol. The number of hydrogen-bond donors (Lipinski definition) is 5. The second-order valence-electron chi connectivity index (χ2n) is 15.6. The molecule has 0 saturated carbocycles. The van der Waals surface area contributed by atoms with Crippen molar-refractivity contribution in [2.75, 3.05) is 18.8 Å². The summed E-state index contributed by atoms with van der Waals surface area (Å²) >= 11 is 0. The number of anilines is 1. The van der Waals surface area contributed by atoms with Crippen molar-refractivity contribution in [1.29, 1.82) is 0 Å². The number of rotatable bonds is 11. The zero-order valence-electron chi connectivity index (χ0n) is 36.4. The number of nitro groups is 1. The maximum atomic E-state index is 13.7. The van der Waals surface area contributed by atoms with Gasteiger partial charge in [-0.15, -0.1) is 0 Å². The largest absolute Gasteiger partial charge is 0.412 e. The van der Waals surface area contributed by atoms with Crippen LogP contribution in [0.5, 0.6) is 11.5 Å². The third-order valence-corrected chi connectivity index (χ3v) is 10.6. The number of nitrogen functional groups attached to an aromatic ring is 1. The number of ether oxygens (including phenoxy) is 2. The van der Waals surface area contributed by atoms with Gasteiger partial charge in [0.2, 0.25) is 34.9 Å². The van der Waals surface area contributed by atoms with Gasteiger partial charge in [-0.05, 0) is 55.0 Å². The predicted octanol–water partition coefficient (Wildman–Crippen LogP) is 6.15. The first-order valence-corrected chi connectivity index (χ1v) is 20.3. The van der Waals surface area contributed by atoms with Gasteiger partial charge in [-0.1, -0.05) is 76.2 Å². The van der Waals surface area contributed by atoms with E-state index in [1.165, 1.54) is 49.4 Å². The first-order chi connectivity index (χ1) is 30.2. The van der Waals surface area contributed by atoms with Crippen LogP contribution in [0.3, 0.4) is 0 Å². The molecule has 18 nitrogen and oxygen atoms in total. The summed E-state index contributed by atoms with van der Waals surface area (Å²) in [5.74, 6) is -4.42. The van der Waals surface area contributed by atoms with Crippen LogP contribution in [0.2, 0.25) is 0 Å². The molecule has 4 aromatic rings. The molecule has 0 radical (unpaired) electrons. The van der Waals surface area contributed by atoms with Crippen molar-refractivity contribution in [2.45, 2.75) is 78.3 Å². The van der Waals surface area contributed by atoms with Crippen LogP contribution in [0.25, 0.3) is 0 Å². The SMILES string of the molecule is CCNC(=O)Oc1cc(C(C)C)ccc1C1(NC(C)=O)C(=O)c2cccc(N)c2C1=O.CCNC(=O)Oc1cc(C(C)C)ccc1C1(NC(C)=O)C(=O)c2cccc([N+](=O)[O-])c2C1=O. The van der Waals surface area contributed by atoms with Crippen LogP contribution in [0.4, 0.5) is 21.0 Å². The van der Waals surface area contributed by atoms with Crippen LogP contribution in [0, 0.1) is 10.1 Å². The van der Waals surface area contributed by atoms with Crippen LogP contribution in [0.15, 0.2) is 72.8 Å². The van der Waals surface area contributed by atoms with Crippen LogP contribution >= 0.6 is 0 Å². The number of hydrogen-bond acceptors (Lipinski definition) is 13. The van der Waals surface area contributed by atoms with Crippen LogP contribution in [-0.4, -0.2) is 65.1 Å². The Morgan fingerprint density at radius 2 is 1.05 bits per heavy atom. The summed E-state index contributed by atoms with van der Waals surface area (Å²) in [7, 11) is 0. The topological polar surface area (TPSA) is 272 Å². The van der Waals surface area contributed by atoms with Crippen molar-refractivity contribution in [3.05, 3.63) is 127 Å². The number of nitro benzene ring substituents is 1. The molecule has 2 atom stereocenters. The quantitative estimate of drug-likeness (QED) is 0.0490. The first kappa shape index (κ1) is 47.3. The van der Waals surface area contributed by atoms with Gasteiger partial charge in [-0.25, -0.2) is 9.59 Å². The highest BCUT2D eigenvalue weighted by atomic mass is 16.6. The molecule has 2 aliphatic carbocycles. The monoisotopic (exact) mass is 876 g/mol. The van der Waals surface area contributed by atoms with Crippen molar-refractivity contribution in [3.63, 3.8) is 0 Å². The van der Waals surface area contributed by atoms with Gasteiger partial charge in [-0.3, -0.25) is 38.9 Å². The van der Waals surface area contributed by atoms with E-state index >= 15 is 0 Å². The van der Waals surface area contributed by atoms with Gasteiger partial charge in [0.1, 0.15) is 17.1 Å². The van der Waals surface area contributed by atoms with Crippen LogP contribution in [0.1, 0.15) is 131 Å². The second kappa shape index (κ2) is 18.7. The number of nitrogens with two attached hydrogens (primary N) is 1. The lowest BCUT2D eigenvalue weighted by Gasteiger charge is -2.29. The molecule has 0 saturated heterocycles. The highest BCUT2D eigenvalue weighted by Gasteiger charge is 2.59. The van der Waals surface area contributed by atoms with Crippen molar-refractivity contribution in [1.82, 2.24) is 21.3 Å². The van der Waals surface area contributed by atoms with Gasteiger partial charge in [-0.2, -0.15) is 0 Å². The second-order valence-corrected chi connectivity index (χ2v) is 15.6. The van der Waals surface area contributed by atoms with E-state index in [-0.39, 0.29) is 63.4 Å². The lowest BCUT2D eigenvalue weighted by Crippen LogP contribution is -2.53.